The van der Waals surface area contributed by atoms with Gasteiger partial charge in [-0.05, 0) is 58.1 Å². The molecule has 5 nitrogen and oxygen atoms in total. The standard InChI is InChI=1S/C20H33N3O2/c1-16(21-15-20(23(2)3)12-6-5-7-13-20)14-19(24)22-17-8-10-18(25-4)11-9-17/h8-11,16,21H,5-7,12-15H2,1-4H3,(H,22,24)/t16-/m0/s1. The summed E-state index contributed by atoms with van der Waals surface area (Å²) in [6, 6.07) is 7.56. The summed E-state index contributed by atoms with van der Waals surface area (Å²) in [5.74, 6) is 0.821. The zero-order valence-electron chi connectivity index (χ0n) is 16.1. The number of amides is 1. The van der Waals surface area contributed by atoms with Crippen molar-refractivity contribution in [2.75, 3.05) is 33.1 Å². The lowest BCUT2D eigenvalue weighted by atomic mass is 9.80. The molecular weight excluding hydrogens is 314 g/mol. The van der Waals surface area contributed by atoms with Crippen molar-refractivity contribution in [2.45, 2.75) is 57.0 Å². The third-order valence-corrected chi connectivity index (χ3v) is 5.38. The molecule has 1 aliphatic carbocycles. The van der Waals surface area contributed by atoms with Crippen molar-refractivity contribution in [3.63, 3.8) is 0 Å². The second-order valence-electron chi connectivity index (χ2n) is 7.44. The van der Waals surface area contributed by atoms with Gasteiger partial charge in [0.2, 0.25) is 5.91 Å². The number of anilines is 1. The van der Waals surface area contributed by atoms with Gasteiger partial charge < -0.3 is 20.3 Å². The van der Waals surface area contributed by atoms with Crippen molar-refractivity contribution in [1.82, 2.24) is 10.2 Å². The number of carbonyl (C=O) groups is 1. The van der Waals surface area contributed by atoms with Crippen molar-refractivity contribution < 1.29 is 9.53 Å². The van der Waals surface area contributed by atoms with Crippen molar-refractivity contribution in [3.8, 4) is 5.75 Å². The fourth-order valence-corrected chi connectivity index (χ4v) is 3.59. The molecule has 1 aliphatic rings. The highest BCUT2D eigenvalue weighted by molar-refractivity contribution is 5.91. The molecule has 1 saturated carbocycles. The van der Waals surface area contributed by atoms with Crippen LogP contribution in [0, 0.1) is 0 Å². The summed E-state index contributed by atoms with van der Waals surface area (Å²) in [5, 5.41) is 6.54. The first kappa shape index (κ1) is 19.7. The van der Waals surface area contributed by atoms with Crippen LogP contribution in [0.1, 0.15) is 45.4 Å². The fraction of sp³-hybridized carbons (Fsp3) is 0.650. The van der Waals surface area contributed by atoms with Crippen molar-refractivity contribution in [3.05, 3.63) is 24.3 Å². The monoisotopic (exact) mass is 347 g/mol. The highest BCUT2D eigenvalue weighted by Crippen LogP contribution is 2.31. The molecule has 1 aromatic rings. The van der Waals surface area contributed by atoms with Crippen molar-refractivity contribution >= 4 is 11.6 Å². The van der Waals surface area contributed by atoms with E-state index in [0.29, 0.717) is 6.42 Å². The fourth-order valence-electron chi connectivity index (χ4n) is 3.59. The summed E-state index contributed by atoms with van der Waals surface area (Å²) in [6.07, 6.45) is 6.87. The Kier molecular flexibility index (Phi) is 7.26. The molecule has 0 radical (unpaired) electrons. The lowest BCUT2D eigenvalue weighted by Gasteiger charge is -2.44. The average Bonchev–Trinajstić information content (AvgIpc) is 2.61. The Morgan fingerprint density at radius 3 is 2.40 bits per heavy atom. The lowest BCUT2D eigenvalue weighted by molar-refractivity contribution is -0.116. The topological polar surface area (TPSA) is 53.6 Å². The maximum atomic E-state index is 12.2. The summed E-state index contributed by atoms with van der Waals surface area (Å²) in [7, 11) is 5.98. The zero-order chi connectivity index (χ0) is 18.3. The van der Waals surface area contributed by atoms with Gasteiger partial charge in [-0.15, -0.1) is 0 Å². The molecule has 25 heavy (non-hydrogen) atoms. The Labute approximate surface area is 152 Å². The first-order valence-electron chi connectivity index (χ1n) is 9.30. The molecule has 5 heteroatoms. The SMILES string of the molecule is COc1ccc(NC(=O)C[C@H](C)NCC2(N(C)C)CCCCC2)cc1. The summed E-state index contributed by atoms with van der Waals surface area (Å²) in [5.41, 5.74) is 1.04. The van der Waals surface area contributed by atoms with Crippen molar-refractivity contribution in [1.29, 1.82) is 0 Å². The molecule has 0 saturated heterocycles. The summed E-state index contributed by atoms with van der Waals surface area (Å²) in [6.45, 7) is 3.02. The predicted octanol–water partition coefficient (Wildman–Crippen LogP) is 3.27. The zero-order valence-corrected chi connectivity index (χ0v) is 16.1. The number of benzene rings is 1. The molecule has 2 rings (SSSR count). The van der Waals surface area contributed by atoms with Crippen LogP contribution in [0.25, 0.3) is 0 Å². The molecule has 140 valence electrons. The first-order valence-corrected chi connectivity index (χ1v) is 9.30. The van der Waals surface area contributed by atoms with Gasteiger partial charge in [0.15, 0.2) is 0 Å². The molecule has 0 spiro atoms. The lowest BCUT2D eigenvalue weighted by Crippen LogP contribution is -2.54. The van der Waals surface area contributed by atoms with Crippen LogP contribution in [-0.2, 0) is 4.79 Å². The summed E-state index contributed by atoms with van der Waals surface area (Å²) >= 11 is 0. The number of methoxy groups -OCH3 is 1. The van der Waals surface area contributed by atoms with Crippen LogP contribution in [0.3, 0.4) is 0 Å². The molecule has 1 atom stereocenters. The molecule has 1 aromatic carbocycles. The summed E-state index contributed by atoms with van der Waals surface area (Å²) in [4.78, 5) is 14.6. The van der Waals surface area contributed by atoms with E-state index in [1.807, 2.05) is 24.3 Å². The van der Waals surface area contributed by atoms with Crippen LogP contribution in [0.2, 0.25) is 0 Å². The normalized spacial score (nSPS) is 18.0. The number of hydrogen-bond donors (Lipinski definition) is 2. The number of carbonyl (C=O) groups excluding carboxylic acids is 1. The van der Waals surface area contributed by atoms with E-state index in [0.717, 1.165) is 18.0 Å². The van der Waals surface area contributed by atoms with Crippen LogP contribution >= 0.6 is 0 Å². The molecule has 1 amide bonds. The van der Waals surface area contributed by atoms with Gasteiger partial charge in [-0.3, -0.25) is 4.79 Å². The molecule has 0 heterocycles. The third kappa shape index (κ3) is 5.72. The van der Waals surface area contributed by atoms with Crippen molar-refractivity contribution in [2.24, 2.45) is 0 Å². The smallest absolute Gasteiger partial charge is 0.225 e. The van der Waals surface area contributed by atoms with E-state index in [-0.39, 0.29) is 17.5 Å². The first-order chi connectivity index (χ1) is 11.9. The quantitative estimate of drug-likeness (QED) is 0.758. The van der Waals surface area contributed by atoms with Crippen LogP contribution in [-0.4, -0.2) is 50.1 Å². The maximum absolute atomic E-state index is 12.2. The molecular formula is C20H33N3O2. The van der Waals surface area contributed by atoms with Gasteiger partial charge in [0, 0.05) is 30.2 Å². The van der Waals surface area contributed by atoms with E-state index >= 15 is 0 Å². The number of hydrogen-bond acceptors (Lipinski definition) is 4. The van der Waals surface area contributed by atoms with Gasteiger partial charge in [-0.2, -0.15) is 0 Å². The third-order valence-electron chi connectivity index (χ3n) is 5.38. The van der Waals surface area contributed by atoms with Crippen LogP contribution in [0.4, 0.5) is 5.69 Å². The number of likely N-dealkylation sites (N-methyl/N-ethyl adjacent to an activating group) is 1. The van der Waals surface area contributed by atoms with E-state index in [1.54, 1.807) is 7.11 Å². The Bertz CT molecular complexity index is 536. The van der Waals surface area contributed by atoms with Gasteiger partial charge in [-0.1, -0.05) is 19.3 Å². The van der Waals surface area contributed by atoms with Crippen LogP contribution in [0.5, 0.6) is 5.75 Å². The molecule has 0 aromatic heterocycles. The van der Waals surface area contributed by atoms with Gasteiger partial charge in [0.05, 0.1) is 7.11 Å². The van der Waals surface area contributed by atoms with Gasteiger partial charge >= 0.3 is 0 Å². The second kappa shape index (κ2) is 9.20. The van der Waals surface area contributed by atoms with E-state index in [1.165, 1.54) is 32.1 Å². The molecule has 0 aliphatic heterocycles. The molecule has 1 fully saturated rings. The largest absolute Gasteiger partial charge is 0.497 e. The second-order valence-corrected chi connectivity index (χ2v) is 7.44. The predicted molar refractivity (Wildman–Crippen MR) is 103 cm³/mol. The average molecular weight is 348 g/mol. The highest BCUT2D eigenvalue weighted by atomic mass is 16.5. The Hall–Kier alpha value is -1.59. The van der Waals surface area contributed by atoms with E-state index in [2.05, 4.69) is 36.6 Å². The van der Waals surface area contributed by atoms with Gasteiger partial charge in [0.1, 0.15) is 5.75 Å². The minimum Gasteiger partial charge on any atom is -0.497 e. The molecule has 0 unspecified atom stereocenters. The van der Waals surface area contributed by atoms with Gasteiger partial charge in [-0.25, -0.2) is 0 Å². The number of nitrogens with zero attached hydrogens (tertiary/aromatic N) is 1. The molecule has 0 bridgehead atoms. The Morgan fingerprint density at radius 1 is 1.20 bits per heavy atom. The van der Waals surface area contributed by atoms with Crippen LogP contribution in [0.15, 0.2) is 24.3 Å². The number of nitrogens with one attached hydrogen (secondary N) is 2. The summed E-state index contributed by atoms with van der Waals surface area (Å²) < 4.78 is 5.13. The Morgan fingerprint density at radius 2 is 1.84 bits per heavy atom. The number of ether oxygens (including phenoxy) is 1. The van der Waals surface area contributed by atoms with Gasteiger partial charge in [0.25, 0.3) is 0 Å². The van der Waals surface area contributed by atoms with E-state index < -0.39 is 0 Å². The van der Waals surface area contributed by atoms with E-state index in [9.17, 15) is 4.79 Å². The highest BCUT2D eigenvalue weighted by Gasteiger charge is 2.34. The maximum Gasteiger partial charge on any atom is 0.225 e. The molecule has 2 N–H and O–H groups in total. The minimum absolute atomic E-state index is 0.0349. The number of rotatable bonds is 8. The van der Waals surface area contributed by atoms with E-state index in [4.69, 9.17) is 4.74 Å². The minimum atomic E-state index is 0.0349. The van der Waals surface area contributed by atoms with Crippen LogP contribution < -0.4 is 15.4 Å². The Balaban J connectivity index is 1.80.